The van der Waals surface area contributed by atoms with Crippen LogP contribution in [0.5, 0.6) is 0 Å². The molecule has 0 saturated carbocycles. The molecule has 0 aliphatic heterocycles. The van der Waals surface area contributed by atoms with Crippen molar-refractivity contribution in [2.45, 2.75) is 5.02 Å². The highest BCUT2D eigenvalue weighted by Gasteiger charge is 1.88. The lowest BCUT2D eigenvalue weighted by molar-refractivity contribution is -0.236. The molecule has 0 saturated heterocycles. The third-order valence-corrected chi connectivity index (χ3v) is 0.239. The van der Waals surface area contributed by atoms with E-state index in [0.29, 0.717) is 0 Å². The molecular weight excluding hydrogens is 115 g/mol. The summed E-state index contributed by atoms with van der Waals surface area (Å²) in [7, 11) is 0. The van der Waals surface area contributed by atoms with Gasteiger partial charge in [0.25, 0.3) is 0 Å². The third kappa shape index (κ3) is 4.50. The first-order valence-electron chi connectivity index (χ1n) is 0.855. The molecule has 0 spiro atoms. The van der Waals surface area contributed by atoms with E-state index >= 15 is 0 Å². The fourth-order valence-electron chi connectivity index (χ4n) is 0. The molecule has 0 fully saturated rings. The third-order valence-electron chi connectivity index (χ3n) is 0.0797. The average Bonchev–Trinajstić information content (AvgIpc) is 1.38. The van der Waals surface area contributed by atoms with Gasteiger partial charge in [0.05, 0.1) is 0 Å². The van der Waals surface area contributed by atoms with Gasteiger partial charge in [-0.3, -0.25) is 0 Å². The van der Waals surface area contributed by atoms with E-state index in [1.165, 1.54) is 0 Å². The van der Waals surface area contributed by atoms with E-state index in [-0.39, 0.29) is 0 Å². The molecule has 0 aromatic carbocycles. The van der Waals surface area contributed by atoms with Gasteiger partial charge >= 0.3 is 0 Å². The Bertz CT molecular complexity index is 21.6. The van der Waals surface area contributed by atoms with Crippen LogP contribution < -0.4 is 0 Å². The Hall–Kier alpha value is 0.500. The van der Waals surface area contributed by atoms with Crippen LogP contribution in [0.25, 0.3) is 0 Å². The first-order chi connectivity index (χ1) is 2.27. The Labute approximate surface area is 39.2 Å². The summed E-state index contributed by atoms with van der Waals surface area (Å²) >= 11 is 9.51. The van der Waals surface area contributed by atoms with Crippen molar-refractivity contribution in [2.75, 3.05) is 0 Å². The lowest BCUT2D eigenvalue weighted by Gasteiger charge is -1.85. The maximum atomic E-state index is 7.38. The van der Waals surface area contributed by atoms with Crippen LogP contribution in [0.4, 0.5) is 0 Å². The fourth-order valence-corrected chi connectivity index (χ4v) is 0. The van der Waals surface area contributed by atoms with E-state index in [2.05, 4.69) is 4.89 Å². The van der Waals surface area contributed by atoms with E-state index < -0.39 is 5.02 Å². The van der Waals surface area contributed by atoms with Crippen LogP contribution in [0.3, 0.4) is 0 Å². The normalized spacial score (nSPS) is 9.60. The molecule has 32 valence electrons. The van der Waals surface area contributed by atoms with Crippen LogP contribution in [0.1, 0.15) is 0 Å². The Morgan fingerprint density at radius 3 is 1.80 bits per heavy atom. The first-order valence-corrected chi connectivity index (χ1v) is 1.73. The van der Waals surface area contributed by atoms with Crippen LogP contribution in [-0.4, -0.2) is 10.3 Å². The molecule has 0 aliphatic rings. The van der Waals surface area contributed by atoms with Crippen LogP contribution >= 0.6 is 23.2 Å². The van der Waals surface area contributed by atoms with Gasteiger partial charge in [0.2, 0.25) is 5.02 Å². The van der Waals surface area contributed by atoms with Crippen LogP contribution in [0, 0.1) is 0 Å². The van der Waals surface area contributed by atoms with Gasteiger partial charge in [-0.25, -0.2) is 10.1 Å². The molecule has 0 radical (unpaired) electrons. The van der Waals surface area contributed by atoms with Crippen molar-refractivity contribution in [3.63, 3.8) is 0 Å². The predicted molar refractivity (Wildman–Crippen MR) is 19.2 cm³/mol. The smallest absolute Gasteiger partial charge is 0.239 e. The summed E-state index contributed by atoms with van der Waals surface area (Å²) in [5.74, 6) is 0. The molecule has 0 aliphatic carbocycles. The highest BCUT2D eigenvalue weighted by Crippen LogP contribution is 1.98. The Morgan fingerprint density at radius 2 is 1.80 bits per heavy atom. The zero-order chi connectivity index (χ0) is 4.28. The van der Waals surface area contributed by atoms with Gasteiger partial charge in [-0.1, -0.05) is 23.2 Å². The SMILES string of the molecule is OOC(Cl)Cl. The second-order valence-electron chi connectivity index (χ2n) is 0.366. The lowest BCUT2D eigenvalue weighted by Crippen LogP contribution is -1.86. The highest BCUT2D eigenvalue weighted by atomic mass is 35.5. The molecule has 0 aromatic heterocycles. The van der Waals surface area contributed by atoms with Crippen molar-refractivity contribution in [1.29, 1.82) is 0 Å². The van der Waals surface area contributed by atoms with Crippen molar-refractivity contribution in [3.8, 4) is 0 Å². The molecule has 0 heterocycles. The van der Waals surface area contributed by atoms with Crippen molar-refractivity contribution in [1.82, 2.24) is 0 Å². The van der Waals surface area contributed by atoms with E-state index in [1.807, 2.05) is 0 Å². The summed E-state index contributed by atoms with van der Waals surface area (Å²) in [6.07, 6.45) is 0. The Balaban J connectivity index is 2.54. The minimum Gasteiger partial charge on any atom is -0.249 e. The van der Waals surface area contributed by atoms with Crippen LogP contribution in [0.15, 0.2) is 0 Å². The van der Waals surface area contributed by atoms with Gasteiger partial charge in [-0.05, 0) is 0 Å². The second kappa shape index (κ2) is 2.72. The molecular formula is CH2Cl2O2. The average molecular weight is 117 g/mol. The van der Waals surface area contributed by atoms with Gasteiger partial charge < -0.3 is 0 Å². The molecule has 2 nitrogen and oxygen atoms in total. The van der Waals surface area contributed by atoms with Gasteiger partial charge in [0.1, 0.15) is 0 Å². The van der Waals surface area contributed by atoms with Gasteiger partial charge in [0, 0.05) is 0 Å². The minimum absolute atomic E-state index is 1.12. The Kier molecular flexibility index (Phi) is 2.99. The quantitative estimate of drug-likeness (QED) is 0.318. The summed E-state index contributed by atoms with van der Waals surface area (Å²) in [5, 5.41) is 6.26. The summed E-state index contributed by atoms with van der Waals surface area (Å²) < 4.78 is 0. The predicted octanol–water partition coefficient (Wildman–Crippen LogP) is 1.24. The van der Waals surface area contributed by atoms with Crippen molar-refractivity contribution >= 4 is 23.2 Å². The minimum atomic E-state index is -1.12. The summed E-state index contributed by atoms with van der Waals surface area (Å²) in [6.45, 7) is 0. The number of halogens is 2. The zero-order valence-corrected chi connectivity index (χ0v) is 3.70. The van der Waals surface area contributed by atoms with E-state index in [0.717, 1.165) is 0 Å². The number of alkyl halides is 2. The monoisotopic (exact) mass is 116 g/mol. The van der Waals surface area contributed by atoms with E-state index in [4.69, 9.17) is 28.5 Å². The van der Waals surface area contributed by atoms with Gasteiger partial charge in [-0.2, -0.15) is 0 Å². The van der Waals surface area contributed by atoms with Gasteiger partial charge in [-0.15, -0.1) is 0 Å². The summed E-state index contributed by atoms with van der Waals surface area (Å²) in [5.41, 5.74) is 0. The molecule has 0 atom stereocenters. The molecule has 4 heteroatoms. The van der Waals surface area contributed by atoms with E-state index in [9.17, 15) is 0 Å². The maximum absolute atomic E-state index is 7.38. The second-order valence-corrected chi connectivity index (χ2v) is 1.38. The number of hydrogen-bond donors (Lipinski definition) is 1. The molecule has 0 aromatic rings. The largest absolute Gasteiger partial charge is 0.249 e. The summed E-state index contributed by atoms with van der Waals surface area (Å²) in [6, 6.07) is 0. The van der Waals surface area contributed by atoms with Crippen molar-refractivity contribution in [2.24, 2.45) is 0 Å². The molecule has 0 bridgehead atoms. The van der Waals surface area contributed by atoms with Crippen molar-refractivity contribution in [3.05, 3.63) is 0 Å². The fraction of sp³-hybridized carbons (Fsp3) is 1.00. The molecule has 0 amide bonds. The van der Waals surface area contributed by atoms with Gasteiger partial charge in [0.15, 0.2) is 0 Å². The standard InChI is InChI=1S/CH2Cl2O2/c2-1(3)5-4/h1,4H. The maximum Gasteiger partial charge on any atom is 0.239 e. The van der Waals surface area contributed by atoms with Crippen LogP contribution in [-0.2, 0) is 4.89 Å². The lowest BCUT2D eigenvalue weighted by atomic mass is 11.7. The molecule has 5 heavy (non-hydrogen) atoms. The molecule has 0 unspecified atom stereocenters. The Morgan fingerprint density at radius 1 is 1.60 bits per heavy atom. The summed E-state index contributed by atoms with van der Waals surface area (Å²) in [4.78, 5) is 3.28. The van der Waals surface area contributed by atoms with Crippen LogP contribution in [0.2, 0.25) is 0 Å². The number of rotatable bonds is 1. The molecule has 0 rings (SSSR count). The zero-order valence-electron chi connectivity index (χ0n) is 2.19. The number of hydrogen-bond acceptors (Lipinski definition) is 2. The topological polar surface area (TPSA) is 29.5 Å². The highest BCUT2D eigenvalue weighted by molar-refractivity contribution is 6.43. The van der Waals surface area contributed by atoms with Crippen molar-refractivity contribution < 1.29 is 10.1 Å². The molecule has 1 N–H and O–H groups in total. The first kappa shape index (κ1) is 5.50. The van der Waals surface area contributed by atoms with E-state index in [1.54, 1.807) is 0 Å².